The van der Waals surface area contributed by atoms with Gasteiger partial charge in [0.25, 0.3) is 0 Å². The van der Waals surface area contributed by atoms with Crippen molar-refractivity contribution in [3.63, 3.8) is 0 Å². The minimum atomic E-state index is -0.515. The average Bonchev–Trinajstić information content (AvgIpc) is 3.46. The molecule has 1 fully saturated rings. The van der Waals surface area contributed by atoms with Gasteiger partial charge in [-0.2, -0.15) is 0 Å². The molecule has 32 heavy (non-hydrogen) atoms. The second-order valence-electron chi connectivity index (χ2n) is 9.86. The van der Waals surface area contributed by atoms with Crippen LogP contribution in [-0.2, 0) is 22.6 Å². The molecule has 0 spiro atoms. The number of nitrogens with zero attached hydrogens (tertiary/aromatic N) is 1. The molecule has 5 heteroatoms. The first-order valence-electron chi connectivity index (χ1n) is 11.1. The molecule has 1 N–H and O–H groups in total. The Balaban J connectivity index is 1.39. The Hall–Kier alpha value is -2.92. The normalized spacial score (nSPS) is 20.2. The smallest absolute Gasteiger partial charge is 0.310 e. The molecule has 2 atom stereocenters. The van der Waals surface area contributed by atoms with Crippen molar-refractivity contribution >= 4 is 16.9 Å². The first-order valence-corrected chi connectivity index (χ1v) is 11.1. The lowest BCUT2D eigenvalue weighted by Crippen LogP contribution is -2.27. The SMILES string of the molecule is Cc1cc(COc2ccc(C[C@]3(CO)C[C@@H]3C(=O)OC(C)(C)C)cc2)c2ccccc2n1. The van der Waals surface area contributed by atoms with Crippen molar-refractivity contribution in [2.45, 2.75) is 52.7 Å². The fraction of sp³-hybridized carbons (Fsp3) is 0.407. The third-order valence-electron chi connectivity index (χ3n) is 6.00. The number of ether oxygens (including phenoxy) is 2. The summed E-state index contributed by atoms with van der Waals surface area (Å²) in [6, 6.07) is 18.0. The molecule has 0 saturated heterocycles. The van der Waals surface area contributed by atoms with Gasteiger partial charge >= 0.3 is 5.97 Å². The van der Waals surface area contributed by atoms with E-state index in [4.69, 9.17) is 9.47 Å². The summed E-state index contributed by atoms with van der Waals surface area (Å²) in [4.78, 5) is 17.0. The molecule has 1 saturated carbocycles. The van der Waals surface area contributed by atoms with Crippen LogP contribution in [0.25, 0.3) is 10.9 Å². The standard InChI is InChI=1S/C27H31NO4/c1-18-13-20(22-7-5-6-8-24(22)28-18)16-31-21-11-9-19(10-12-21)14-27(17-29)15-23(27)25(30)32-26(2,3)4/h5-13,23,29H,14-17H2,1-4H3/t23-,27-/m1/s1. The minimum absolute atomic E-state index is 0.0242. The molecule has 1 aliphatic rings. The largest absolute Gasteiger partial charge is 0.489 e. The van der Waals surface area contributed by atoms with Gasteiger partial charge in [-0.15, -0.1) is 0 Å². The lowest BCUT2D eigenvalue weighted by atomic mass is 9.94. The lowest BCUT2D eigenvalue weighted by Gasteiger charge is -2.21. The molecule has 0 amide bonds. The predicted molar refractivity (Wildman–Crippen MR) is 124 cm³/mol. The molecule has 0 radical (unpaired) electrons. The fourth-order valence-corrected chi connectivity index (χ4v) is 4.27. The maximum Gasteiger partial charge on any atom is 0.310 e. The van der Waals surface area contributed by atoms with Crippen molar-refractivity contribution in [2.24, 2.45) is 11.3 Å². The second kappa shape index (κ2) is 8.55. The van der Waals surface area contributed by atoms with Crippen LogP contribution in [0.15, 0.2) is 54.6 Å². The van der Waals surface area contributed by atoms with Crippen molar-refractivity contribution < 1.29 is 19.4 Å². The van der Waals surface area contributed by atoms with Gasteiger partial charge < -0.3 is 14.6 Å². The van der Waals surface area contributed by atoms with Crippen molar-refractivity contribution in [2.75, 3.05) is 6.61 Å². The number of esters is 1. The molecule has 168 valence electrons. The predicted octanol–water partition coefficient (Wildman–Crippen LogP) is 5.01. The number of hydrogen-bond donors (Lipinski definition) is 1. The van der Waals surface area contributed by atoms with Crippen LogP contribution in [0.5, 0.6) is 5.75 Å². The Morgan fingerprint density at radius 3 is 2.56 bits per heavy atom. The van der Waals surface area contributed by atoms with Gasteiger partial charge in [-0.3, -0.25) is 9.78 Å². The minimum Gasteiger partial charge on any atom is -0.489 e. The summed E-state index contributed by atoms with van der Waals surface area (Å²) in [5.74, 6) is 0.321. The van der Waals surface area contributed by atoms with Crippen LogP contribution < -0.4 is 4.74 Å². The summed E-state index contributed by atoms with van der Waals surface area (Å²) in [6.07, 6.45) is 1.30. The summed E-state index contributed by atoms with van der Waals surface area (Å²) in [6.45, 7) is 8.02. The molecule has 0 bridgehead atoms. The van der Waals surface area contributed by atoms with Crippen LogP contribution in [-0.4, -0.2) is 28.3 Å². The monoisotopic (exact) mass is 433 g/mol. The number of aryl methyl sites for hydroxylation is 1. The van der Waals surface area contributed by atoms with Gasteiger partial charge in [0.2, 0.25) is 0 Å². The van der Waals surface area contributed by atoms with Gasteiger partial charge in [0.15, 0.2) is 0 Å². The third kappa shape index (κ3) is 4.94. The van der Waals surface area contributed by atoms with Gasteiger partial charge in [-0.05, 0) is 70.4 Å². The quantitative estimate of drug-likeness (QED) is 0.531. The van der Waals surface area contributed by atoms with E-state index < -0.39 is 11.0 Å². The van der Waals surface area contributed by atoms with Crippen LogP contribution in [0.1, 0.15) is 44.0 Å². The highest BCUT2D eigenvalue weighted by Crippen LogP contribution is 2.55. The Kier molecular flexibility index (Phi) is 5.95. The summed E-state index contributed by atoms with van der Waals surface area (Å²) in [7, 11) is 0. The fourth-order valence-electron chi connectivity index (χ4n) is 4.27. The third-order valence-corrected chi connectivity index (χ3v) is 6.00. The van der Waals surface area contributed by atoms with E-state index in [1.807, 2.05) is 70.2 Å². The van der Waals surface area contributed by atoms with Gasteiger partial charge in [0.05, 0.1) is 11.4 Å². The second-order valence-corrected chi connectivity index (χ2v) is 9.86. The van der Waals surface area contributed by atoms with Crippen LogP contribution in [0.2, 0.25) is 0 Å². The van der Waals surface area contributed by atoms with E-state index in [-0.39, 0.29) is 18.5 Å². The molecule has 1 aliphatic carbocycles. The number of aromatic nitrogens is 1. The number of aliphatic hydroxyl groups excluding tert-OH is 1. The molecule has 4 rings (SSSR count). The van der Waals surface area contributed by atoms with Crippen LogP contribution in [0, 0.1) is 18.3 Å². The van der Waals surface area contributed by atoms with E-state index in [0.29, 0.717) is 19.4 Å². The van der Waals surface area contributed by atoms with E-state index in [9.17, 15) is 9.90 Å². The first kappa shape index (κ1) is 22.3. The number of fused-ring (bicyclic) bond motifs is 1. The van der Waals surface area contributed by atoms with E-state index >= 15 is 0 Å². The maximum absolute atomic E-state index is 12.4. The zero-order valence-electron chi connectivity index (χ0n) is 19.2. The Labute approximate surface area is 189 Å². The van der Waals surface area contributed by atoms with Gasteiger partial charge in [-0.25, -0.2) is 0 Å². The van der Waals surface area contributed by atoms with Gasteiger partial charge in [-0.1, -0.05) is 30.3 Å². The zero-order valence-corrected chi connectivity index (χ0v) is 19.2. The number of benzene rings is 2. The first-order chi connectivity index (χ1) is 15.2. The van der Waals surface area contributed by atoms with E-state index in [0.717, 1.165) is 33.5 Å². The summed E-state index contributed by atoms with van der Waals surface area (Å²) < 4.78 is 11.6. The summed E-state index contributed by atoms with van der Waals surface area (Å²) in [5.41, 5.74) is 3.18. The summed E-state index contributed by atoms with van der Waals surface area (Å²) in [5, 5.41) is 11.1. The average molecular weight is 434 g/mol. The molecule has 0 unspecified atom stereocenters. The van der Waals surface area contributed by atoms with Crippen molar-refractivity contribution in [1.29, 1.82) is 0 Å². The molecule has 5 nitrogen and oxygen atoms in total. The van der Waals surface area contributed by atoms with Crippen LogP contribution in [0.3, 0.4) is 0 Å². The Morgan fingerprint density at radius 2 is 1.88 bits per heavy atom. The number of aliphatic hydroxyl groups is 1. The topological polar surface area (TPSA) is 68.7 Å². The number of para-hydroxylation sites is 1. The van der Waals surface area contributed by atoms with Gasteiger partial charge in [0, 0.05) is 28.7 Å². The summed E-state index contributed by atoms with van der Waals surface area (Å²) >= 11 is 0. The molecule has 2 aromatic carbocycles. The van der Waals surface area contributed by atoms with Crippen LogP contribution in [0.4, 0.5) is 0 Å². The molecular formula is C27H31NO4. The Bertz CT molecular complexity index is 1120. The van der Waals surface area contributed by atoms with Crippen molar-refractivity contribution in [1.82, 2.24) is 4.98 Å². The molecular weight excluding hydrogens is 402 g/mol. The molecule has 0 aliphatic heterocycles. The zero-order chi connectivity index (χ0) is 22.9. The number of hydrogen-bond acceptors (Lipinski definition) is 5. The number of carbonyl (C=O) groups is 1. The maximum atomic E-state index is 12.4. The Morgan fingerprint density at radius 1 is 1.16 bits per heavy atom. The van der Waals surface area contributed by atoms with Crippen molar-refractivity contribution in [3.05, 3.63) is 71.4 Å². The van der Waals surface area contributed by atoms with E-state index in [1.165, 1.54) is 0 Å². The molecule has 1 aromatic heterocycles. The van der Waals surface area contributed by atoms with E-state index in [2.05, 4.69) is 17.1 Å². The number of rotatable bonds is 7. The highest BCUT2D eigenvalue weighted by molar-refractivity contribution is 5.82. The highest BCUT2D eigenvalue weighted by atomic mass is 16.6. The molecule has 3 aromatic rings. The number of pyridine rings is 1. The van der Waals surface area contributed by atoms with E-state index in [1.54, 1.807) is 0 Å². The van der Waals surface area contributed by atoms with Gasteiger partial charge in [0.1, 0.15) is 18.0 Å². The number of carbonyl (C=O) groups excluding carboxylic acids is 1. The highest BCUT2D eigenvalue weighted by Gasteiger charge is 2.59. The lowest BCUT2D eigenvalue weighted by molar-refractivity contribution is -0.157. The van der Waals surface area contributed by atoms with Crippen LogP contribution >= 0.6 is 0 Å². The molecule has 1 heterocycles. The van der Waals surface area contributed by atoms with Crippen molar-refractivity contribution in [3.8, 4) is 5.75 Å².